The number of hydrogen-bond acceptors (Lipinski definition) is 8. The fraction of sp³-hybridized carbons (Fsp3) is 0.107. The molecule has 3 aromatic heterocycles. The summed E-state index contributed by atoms with van der Waals surface area (Å²) in [6.07, 6.45) is 3.18. The molecule has 0 saturated carbocycles. The third kappa shape index (κ3) is 5.82. The number of ether oxygens (including phenoxy) is 2. The van der Waals surface area contributed by atoms with Gasteiger partial charge in [0.15, 0.2) is 22.5 Å². The summed E-state index contributed by atoms with van der Waals surface area (Å²) in [5.74, 6) is -0.440. The molecule has 0 aliphatic rings. The molecule has 2 N–H and O–H groups in total. The Kier molecular flexibility index (Phi) is 7.80. The predicted molar refractivity (Wildman–Crippen MR) is 154 cm³/mol. The van der Waals surface area contributed by atoms with Crippen molar-refractivity contribution < 1.29 is 23.5 Å². The van der Waals surface area contributed by atoms with Crippen molar-refractivity contribution in [1.82, 2.24) is 19.9 Å². The summed E-state index contributed by atoms with van der Waals surface area (Å²) < 4.78 is 28.0. The number of halogens is 1. The standard InChI is InChI=1S/C28H22FN5O4S2/c1-34-20(27(36)37-2)15-31-26(34)23-14-19-25(40-23)22(10-11-30-19)38-21-9-8-17(13-18(21)29)32-28(39)33-24(35)12-16-6-4-3-5-7-16/h3-11,13-15H,12H2,1-2H3,(H2,32,33,35,39). The summed E-state index contributed by atoms with van der Waals surface area (Å²) >= 11 is 6.55. The maximum Gasteiger partial charge on any atom is 0.356 e. The average Bonchev–Trinajstić information content (AvgIpc) is 3.54. The maximum absolute atomic E-state index is 15.0. The van der Waals surface area contributed by atoms with Crippen molar-refractivity contribution in [1.29, 1.82) is 0 Å². The highest BCUT2D eigenvalue weighted by Gasteiger charge is 2.19. The van der Waals surface area contributed by atoms with Gasteiger partial charge in [-0.3, -0.25) is 9.78 Å². The number of thiocarbonyl (C=S) groups is 1. The summed E-state index contributed by atoms with van der Waals surface area (Å²) in [6.45, 7) is 0. The Morgan fingerprint density at radius 3 is 2.62 bits per heavy atom. The number of anilines is 1. The average molecular weight is 576 g/mol. The highest BCUT2D eigenvalue weighted by Crippen LogP contribution is 2.39. The Morgan fingerprint density at radius 2 is 1.88 bits per heavy atom. The Bertz CT molecular complexity index is 1740. The van der Waals surface area contributed by atoms with E-state index in [1.165, 1.54) is 36.8 Å². The van der Waals surface area contributed by atoms with Crippen LogP contribution in [-0.4, -0.2) is 38.6 Å². The number of aromatic nitrogens is 3. The zero-order valence-corrected chi connectivity index (χ0v) is 22.9. The minimum atomic E-state index is -0.628. The Balaban J connectivity index is 1.29. The first-order valence-corrected chi connectivity index (χ1v) is 13.2. The van der Waals surface area contributed by atoms with Gasteiger partial charge in [0.05, 0.1) is 34.8 Å². The number of hydrogen-bond donors (Lipinski definition) is 2. The van der Waals surface area contributed by atoms with Crippen LogP contribution in [0.3, 0.4) is 0 Å². The number of nitrogens with zero attached hydrogens (tertiary/aromatic N) is 3. The van der Waals surface area contributed by atoms with E-state index < -0.39 is 11.8 Å². The molecule has 0 unspecified atom stereocenters. The second-order valence-corrected chi connectivity index (χ2v) is 10.0. The van der Waals surface area contributed by atoms with Crippen molar-refractivity contribution in [2.75, 3.05) is 12.4 Å². The van der Waals surface area contributed by atoms with E-state index in [4.69, 9.17) is 21.7 Å². The van der Waals surface area contributed by atoms with Gasteiger partial charge in [0.2, 0.25) is 5.91 Å². The van der Waals surface area contributed by atoms with E-state index in [-0.39, 0.29) is 23.2 Å². The molecule has 0 radical (unpaired) electrons. The lowest BCUT2D eigenvalue weighted by Gasteiger charge is -2.12. The van der Waals surface area contributed by atoms with E-state index >= 15 is 4.39 Å². The lowest BCUT2D eigenvalue weighted by Crippen LogP contribution is -2.35. The van der Waals surface area contributed by atoms with E-state index in [1.54, 1.807) is 29.9 Å². The molecule has 2 aromatic carbocycles. The largest absolute Gasteiger partial charge is 0.464 e. The molecule has 9 nitrogen and oxygen atoms in total. The van der Waals surface area contributed by atoms with Crippen molar-refractivity contribution in [2.45, 2.75) is 6.42 Å². The number of esters is 1. The minimum absolute atomic E-state index is 0.00278. The summed E-state index contributed by atoms with van der Waals surface area (Å²) in [5, 5.41) is 5.46. The fourth-order valence-corrected chi connectivity index (χ4v) is 5.26. The molecular formula is C28H22FN5O4S2. The number of thiophene rings is 1. The van der Waals surface area contributed by atoms with Crippen LogP contribution in [0.15, 0.2) is 73.1 Å². The number of rotatable bonds is 7. The number of carbonyl (C=O) groups is 2. The molecule has 202 valence electrons. The summed E-state index contributed by atoms with van der Waals surface area (Å²) in [7, 11) is 3.03. The van der Waals surface area contributed by atoms with Crippen LogP contribution in [0.25, 0.3) is 20.9 Å². The van der Waals surface area contributed by atoms with E-state index in [2.05, 4.69) is 20.6 Å². The molecule has 0 saturated heterocycles. The third-order valence-corrected chi connectivity index (χ3v) is 7.19. The number of imidazole rings is 1. The molecule has 0 bridgehead atoms. The number of methoxy groups -OCH3 is 1. The van der Waals surface area contributed by atoms with Crippen molar-refractivity contribution in [3.8, 4) is 22.2 Å². The summed E-state index contributed by atoms with van der Waals surface area (Å²) in [6, 6.07) is 17.0. The smallest absolute Gasteiger partial charge is 0.356 e. The molecular weight excluding hydrogens is 553 g/mol. The van der Waals surface area contributed by atoms with E-state index in [9.17, 15) is 9.59 Å². The topological polar surface area (TPSA) is 107 Å². The van der Waals surface area contributed by atoms with Crippen LogP contribution in [-0.2, 0) is 23.0 Å². The molecule has 1 amide bonds. The molecule has 0 atom stereocenters. The normalized spacial score (nSPS) is 10.8. The highest BCUT2D eigenvalue weighted by molar-refractivity contribution is 7.80. The zero-order chi connectivity index (χ0) is 28.2. The van der Waals surface area contributed by atoms with Gasteiger partial charge in [0.1, 0.15) is 11.4 Å². The Hall–Kier alpha value is -4.68. The summed E-state index contributed by atoms with van der Waals surface area (Å²) in [5.41, 5.74) is 2.15. The minimum Gasteiger partial charge on any atom is -0.464 e. The second kappa shape index (κ2) is 11.6. The van der Waals surface area contributed by atoms with Crippen LogP contribution in [0.2, 0.25) is 0 Å². The van der Waals surface area contributed by atoms with Gasteiger partial charge in [-0.2, -0.15) is 0 Å². The van der Waals surface area contributed by atoms with Crippen LogP contribution in [0, 0.1) is 5.82 Å². The number of fused-ring (bicyclic) bond motifs is 1. The Labute approximate surface area is 237 Å². The Morgan fingerprint density at radius 1 is 1.07 bits per heavy atom. The molecule has 3 heterocycles. The van der Waals surface area contributed by atoms with E-state index in [0.29, 0.717) is 33.2 Å². The van der Waals surface area contributed by atoms with Crippen LogP contribution in [0.4, 0.5) is 10.1 Å². The molecule has 5 rings (SSSR count). The fourth-order valence-electron chi connectivity index (χ4n) is 3.93. The number of amides is 1. The van der Waals surface area contributed by atoms with Gasteiger partial charge in [0, 0.05) is 31.1 Å². The molecule has 0 aliphatic carbocycles. The van der Waals surface area contributed by atoms with Crippen molar-refractivity contribution in [2.24, 2.45) is 7.05 Å². The van der Waals surface area contributed by atoms with Gasteiger partial charge in [-0.1, -0.05) is 30.3 Å². The lowest BCUT2D eigenvalue weighted by atomic mass is 10.1. The molecule has 40 heavy (non-hydrogen) atoms. The maximum atomic E-state index is 15.0. The van der Waals surface area contributed by atoms with E-state index in [0.717, 1.165) is 10.4 Å². The van der Waals surface area contributed by atoms with Gasteiger partial charge in [-0.25, -0.2) is 14.2 Å². The van der Waals surface area contributed by atoms with Crippen molar-refractivity contribution in [3.05, 3.63) is 90.1 Å². The molecule has 0 spiro atoms. The number of nitrogens with one attached hydrogen (secondary N) is 2. The molecule has 0 aliphatic heterocycles. The van der Waals surface area contributed by atoms with Crippen LogP contribution >= 0.6 is 23.6 Å². The number of benzene rings is 2. The SMILES string of the molecule is COC(=O)c1cnc(-c2cc3nccc(Oc4ccc(NC(=S)NC(=O)Cc5ccccc5)cc4F)c3s2)n1C. The van der Waals surface area contributed by atoms with Crippen molar-refractivity contribution in [3.63, 3.8) is 0 Å². The van der Waals surface area contributed by atoms with Gasteiger partial charge in [-0.05, 0) is 36.0 Å². The van der Waals surface area contributed by atoms with Gasteiger partial charge < -0.3 is 24.7 Å². The monoisotopic (exact) mass is 575 g/mol. The lowest BCUT2D eigenvalue weighted by molar-refractivity contribution is -0.119. The van der Waals surface area contributed by atoms with Crippen LogP contribution < -0.4 is 15.4 Å². The molecule has 12 heteroatoms. The summed E-state index contributed by atoms with van der Waals surface area (Å²) in [4.78, 5) is 33.7. The first kappa shape index (κ1) is 26.9. The third-order valence-electron chi connectivity index (χ3n) is 5.85. The van der Waals surface area contributed by atoms with Gasteiger partial charge >= 0.3 is 5.97 Å². The second-order valence-electron chi connectivity index (χ2n) is 8.56. The van der Waals surface area contributed by atoms with E-state index in [1.807, 2.05) is 36.4 Å². The highest BCUT2D eigenvalue weighted by atomic mass is 32.1. The van der Waals surface area contributed by atoms with Crippen LogP contribution in [0.1, 0.15) is 16.1 Å². The number of pyridine rings is 1. The first-order valence-electron chi connectivity index (χ1n) is 11.9. The zero-order valence-electron chi connectivity index (χ0n) is 21.3. The van der Waals surface area contributed by atoms with Crippen molar-refractivity contribution >= 4 is 56.4 Å². The molecule has 0 fully saturated rings. The quantitative estimate of drug-likeness (QED) is 0.194. The predicted octanol–water partition coefficient (Wildman–Crippen LogP) is 5.47. The van der Waals surface area contributed by atoms with Gasteiger partial charge in [0.25, 0.3) is 0 Å². The molecule has 5 aromatic rings. The van der Waals surface area contributed by atoms with Gasteiger partial charge in [-0.15, -0.1) is 11.3 Å². The number of carbonyl (C=O) groups excluding carboxylic acids is 2. The first-order chi connectivity index (χ1) is 19.3. The van der Waals surface area contributed by atoms with Crippen LogP contribution in [0.5, 0.6) is 11.5 Å².